The molecule has 0 bridgehead atoms. The van der Waals surface area contributed by atoms with Gasteiger partial charge >= 0.3 is 0 Å². The first-order chi connectivity index (χ1) is 15.9. The zero-order valence-corrected chi connectivity index (χ0v) is 20.3. The fourth-order valence-corrected chi connectivity index (χ4v) is 7.93. The lowest BCUT2D eigenvalue weighted by atomic mass is 9.71. The number of anilines is 1. The second kappa shape index (κ2) is 7.46. The van der Waals surface area contributed by atoms with Gasteiger partial charge in [0.05, 0.1) is 9.79 Å². The van der Waals surface area contributed by atoms with E-state index in [1.165, 1.54) is 65.9 Å². The lowest BCUT2D eigenvalue weighted by molar-refractivity contribution is 0.589. The van der Waals surface area contributed by atoms with E-state index in [0.29, 0.717) is 9.79 Å². The Hall–Kier alpha value is -2.59. The molecule has 33 heavy (non-hydrogen) atoms. The minimum Gasteiger partial charge on any atom is -0.371 e. The topological polar surface area (TPSA) is 37.4 Å². The third-order valence-electron chi connectivity index (χ3n) is 8.01. The van der Waals surface area contributed by atoms with E-state index in [0.717, 1.165) is 19.3 Å². The number of aryl methyl sites for hydroxylation is 3. The highest BCUT2D eigenvalue weighted by Gasteiger charge is 2.37. The maximum Gasteiger partial charge on any atom is 0.206 e. The molecule has 6 rings (SSSR count). The number of hydrogen-bond acceptors (Lipinski definition) is 3. The van der Waals surface area contributed by atoms with Crippen molar-refractivity contribution >= 4 is 15.5 Å². The van der Waals surface area contributed by atoms with E-state index >= 15 is 0 Å². The minimum absolute atomic E-state index is 0.152. The van der Waals surface area contributed by atoms with E-state index in [4.69, 9.17) is 0 Å². The molecule has 0 amide bonds. The Bertz CT molecular complexity index is 1350. The predicted octanol–water partition coefficient (Wildman–Crippen LogP) is 5.64. The molecule has 0 aromatic heterocycles. The van der Waals surface area contributed by atoms with Crippen LogP contribution < -0.4 is 4.90 Å². The van der Waals surface area contributed by atoms with Gasteiger partial charge in [0.1, 0.15) is 0 Å². The highest BCUT2D eigenvalue weighted by molar-refractivity contribution is 7.91. The molecule has 2 heterocycles. The summed E-state index contributed by atoms with van der Waals surface area (Å²) in [5.41, 5.74) is 9.89. The number of nitrogens with zero attached hydrogens (tertiary/aromatic N) is 1. The number of rotatable bonds is 2. The van der Waals surface area contributed by atoms with Crippen LogP contribution >= 0.6 is 0 Å². The molecule has 3 aliphatic rings. The van der Waals surface area contributed by atoms with Crippen LogP contribution in [0.15, 0.2) is 64.4 Å². The maximum atomic E-state index is 13.3. The van der Waals surface area contributed by atoms with Gasteiger partial charge in [0, 0.05) is 24.2 Å². The van der Waals surface area contributed by atoms with Crippen LogP contribution in [0.25, 0.3) is 0 Å². The summed E-state index contributed by atoms with van der Waals surface area (Å²) in [4.78, 5) is 3.38. The van der Waals surface area contributed by atoms with Crippen molar-refractivity contribution in [2.24, 2.45) is 0 Å². The Labute approximate surface area is 197 Å². The van der Waals surface area contributed by atoms with Gasteiger partial charge in [-0.15, -0.1) is 0 Å². The predicted molar refractivity (Wildman–Crippen MR) is 133 cm³/mol. The van der Waals surface area contributed by atoms with Crippen molar-refractivity contribution in [1.82, 2.24) is 0 Å². The van der Waals surface area contributed by atoms with Gasteiger partial charge in [0.25, 0.3) is 0 Å². The molecule has 4 heteroatoms. The first kappa shape index (κ1) is 21.0. The van der Waals surface area contributed by atoms with Crippen LogP contribution in [-0.4, -0.2) is 21.5 Å². The average molecular weight is 458 g/mol. The molecule has 2 aliphatic heterocycles. The number of sulfone groups is 1. The molecule has 3 aromatic rings. The summed E-state index contributed by atoms with van der Waals surface area (Å²) >= 11 is 0. The molecule has 0 radical (unpaired) electrons. The molecule has 0 unspecified atom stereocenters. The quantitative estimate of drug-likeness (QED) is 0.500. The second-order valence-corrected chi connectivity index (χ2v) is 12.3. The summed E-state index contributed by atoms with van der Waals surface area (Å²) in [6.07, 6.45) is 6.66. The molecule has 170 valence electrons. The van der Waals surface area contributed by atoms with Crippen molar-refractivity contribution in [2.75, 3.05) is 18.0 Å². The molecule has 0 fully saturated rings. The standard InChI is InChI=1S/C29H31NO2S/c1-29(2)26-15-14-24(33(31,32)23-9-4-3-5-10-23)19-20(26)12-13-21-18-22-8-6-16-30-17-7-11-25(27(21)29)28(22)30/h3-5,9-10,14-15,18-19H,6-8,11-13,16-17H2,1-2H3. The first-order valence-electron chi connectivity index (χ1n) is 12.2. The molecule has 1 aliphatic carbocycles. The zero-order chi connectivity index (χ0) is 22.8. The Kier molecular flexibility index (Phi) is 4.74. The molecule has 0 N–H and O–H groups in total. The van der Waals surface area contributed by atoms with E-state index in [9.17, 15) is 8.42 Å². The highest BCUT2D eigenvalue weighted by Crippen LogP contribution is 2.48. The van der Waals surface area contributed by atoms with E-state index in [2.05, 4.69) is 30.9 Å². The van der Waals surface area contributed by atoms with E-state index in [-0.39, 0.29) is 5.41 Å². The summed E-state index contributed by atoms with van der Waals surface area (Å²) < 4.78 is 26.6. The third kappa shape index (κ3) is 3.18. The van der Waals surface area contributed by atoms with Crippen LogP contribution in [0.2, 0.25) is 0 Å². The highest BCUT2D eigenvalue weighted by atomic mass is 32.2. The largest absolute Gasteiger partial charge is 0.371 e. The second-order valence-electron chi connectivity index (χ2n) is 10.4. The SMILES string of the molecule is CC1(C)c2ccc(S(=O)(=O)c3ccccc3)cc2CCc2cc3c4c(c21)CCCN4CCC3. The molecular formula is C29H31NO2S. The summed E-state index contributed by atoms with van der Waals surface area (Å²) in [6, 6.07) is 17.1. The van der Waals surface area contributed by atoms with Gasteiger partial charge < -0.3 is 4.90 Å². The van der Waals surface area contributed by atoms with Gasteiger partial charge in [-0.2, -0.15) is 0 Å². The van der Waals surface area contributed by atoms with Crippen LogP contribution in [-0.2, 0) is 40.9 Å². The van der Waals surface area contributed by atoms with Crippen LogP contribution in [0.4, 0.5) is 5.69 Å². The fraction of sp³-hybridized carbons (Fsp3) is 0.379. The molecule has 0 saturated heterocycles. The van der Waals surface area contributed by atoms with E-state index < -0.39 is 9.84 Å². The van der Waals surface area contributed by atoms with Crippen LogP contribution in [0.1, 0.15) is 60.1 Å². The molecule has 0 atom stereocenters. The van der Waals surface area contributed by atoms with Crippen molar-refractivity contribution in [1.29, 1.82) is 0 Å². The third-order valence-corrected chi connectivity index (χ3v) is 9.78. The zero-order valence-electron chi connectivity index (χ0n) is 19.5. The van der Waals surface area contributed by atoms with Crippen molar-refractivity contribution in [3.8, 4) is 0 Å². The number of hydrogen-bond donors (Lipinski definition) is 0. The van der Waals surface area contributed by atoms with Gasteiger partial charge in [0.2, 0.25) is 9.84 Å². The molecule has 3 nitrogen and oxygen atoms in total. The summed E-state index contributed by atoms with van der Waals surface area (Å²) in [5, 5.41) is 0. The summed E-state index contributed by atoms with van der Waals surface area (Å²) in [6.45, 7) is 7.03. The van der Waals surface area contributed by atoms with Crippen molar-refractivity contribution in [3.63, 3.8) is 0 Å². The fourth-order valence-electron chi connectivity index (χ4n) is 6.60. The number of benzene rings is 3. The normalized spacial score (nSPS) is 18.7. The Balaban J connectivity index is 1.51. The van der Waals surface area contributed by atoms with E-state index in [1.54, 1.807) is 29.8 Å². The van der Waals surface area contributed by atoms with Crippen LogP contribution in [0.3, 0.4) is 0 Å². The van der Waals surface area contributed by atoms with Gasteiger partial charge in [-0.05, 0) is 96.2 Å². The van der Waals surface area contributed by atoms with Gasteiger partial charge in [-0.3, -0.25) is 0 Å². The summed E-state index contributed by atoms with van der Waals surface area (Å²) in [7, 11) is -3.52. The monoisotopic (exact) mass is 457 g/mol. The Morgan fingerprint density at radius 2 is 1.48 bits per heavy atom. The lowest BCUT2D eigenvalue weighted by Crippen LogP contribution is -2.36. The minimum atomic E-state index is -3.52. The summed E-state index contributed by atoms with van der Waals surface area (Å²) in [5.74, 6) is 0. The Morgan fingerprint density at radius 3 is 2.27 bits per heavy atom. The lowest BCUT2D eigenvalue weighted by Gasteiger charge is -2.41. The Morgan fingerprint density at radius 1 is 0.758 bits per heavy atom. The smallest absolute Gasteiger partial charge is 0.206 e. The van der Waals surface area contributed by atoms with Crippen molar-refractivity contribution in [3.05, 3.63) is 88.0 Å². The van der Waals surface area contributed by atoms with Gasteiger partial charge in [-0.1, -0.05) is 44.2 Å². The molecular weight excluding hydrogens is 426 g/mol. The van der Waals surface area contributed by atoms with Crippen LogP contribution in [0.5, 0.6) is 0 Å². The number of fused-ring (bicyclic) bond motifs is 3. The molecule has 0 spiro atoms. The average Bonchev–Trinajstić information content (AvgIpc) is 2.93. The van der Waals surface area contributed by atoms with Gasteiger partial charge in [-0.25, -0.2) is 8.42 Å². The van der Waals surface area contributed by atoms with Crippen molar-refractivity contribution in [2.45, 2.75) is 67.6 Å². The molecule has 0 saturated carbocycles. The van der Waals surface area contributed by atoms with Gasteiger partial charge in [0.15, 0.2) is 0 Å². The first-order valence-corrected chi connectivity index (χ1v) is 13.7. The molecule has 3 aromatic carbocycles. The van der Waals surface area contributed by atoms with E-state index in [1.807, 2.05) is 18.2 Å². The maximum absolute atomic E-state index is 13.3. The van der Waals surface area contributed by atoms with Crippen molar-refractivity contribution < 1.29 is 8.42 Å². The van der Waals surface area contributed by atoms with Crippen LogP contribution in [0, 0.1) is 0 Å².